The van der Waals surface area contributed by atoms with Gasteiger partial charge in [-0.25, -0.2) is 0 Å². The molecule has 2 N–H and O–H groups in total. The summed E-state index contributed by atoms with van der Waals surface area (Å²) in [6.45, 7) is 7.87. The summed E-state index contributed by atoms with van der Waals surface area (Å²) in [5.74, 6) is 1.72. The van der Waals surface area contributed by atoms with Crippen molar-refractivity contribution in [1.29, 1.82) is 0 Å². The minimum absolute atomic E-state index is 0. The van der Waals surface area contributed by atoms with Crippen molar-refractivity contribution in [3.8, 4) is 0 Å². The Labute approximate surface area is 211 Å². The number of amides is 1. The number of benzene rings is 1. The summed E-state index contributed by atoms with van der Waals surface area (Å²) in [7, 11) is 3.72. The third-order valence-electron chi connectivity index (χ3n) is 6.79. The van der Waals surface area contributed by atoms with Crippen molar-refractivity contribution in [1.82, 2.24) is 20.4 Å². The van der Waals surface area contributed by atoms with E-state index in [-0.39, 0.29) is 35.3 Å². The number of hydrogen-bond donors (Lipinski definition) is 2. The molecule has 1 saturated heterocycles. The molecule has 1 aromatic rings. The first-order valence-electron chi connectivity index (χ1n) is 12.0. The van der Waals surface area contributed by atoms with Gasteiger partial charge in [0.25, 0.3) is 0 Å². The number of aliphatic imine (C=N–C) groups is 1. The van der Waals surface area contributed by atoms with E-state index < -0.39 is 0 Å². The molecule has 1 amide bonds. The molecule has 0 radical (unpaired) electrons. The lowest BCUT2D eigenvalue weighted by Gasteiger charge is -2.29. The number of hydrogen-bond acceptors (Lipinski definition) is 3. The molecule has 1 aromatic carbocycles. The number of halogens is 1. The van der Waals surface area contributed by atoms with Crippen molar-refractivity contribution >= 4 is 35.8 Å². The van der Waals surface area contributed by atoms with Crippen molar-refractivity contribution in [3.05, 3.63) is 35.9 Å². The SMILES string of the molecule is CCNC(=NCC1(C(=O)N(C)C)CCCC1)NCC1CCN(CCc2ccccc2)C1.I. The maximum absolute atomic E-state index is 12.8. The van der Waals surface area contributed by atoms with Gasteiger partial charge in [-0.15, -0.1) is 24.0 Å². The van der Waals surface area contributed by atoms with E-state index in [0.29, 0.717) is 12.5 Å². The van der Waals surface area contributed by atoms with Gasteiger partial charge in [-0.1, -0.05) is 43.2 Å². The van der Waals surface area contributed by atoms with E-state index in [1.165, 1.54) is 18.5 Å². The molecule has 2 aliphatic rings. The molecule has 7 heteroatoms. The van der Waals surface area contributed by atoms with E-state index in [2.05, 4.69) is 52.8 Å². The predicted molar refractivity (Wildman–Crippen MR) is 144 cm³/mol. The first-order valence-corrected chi connectivity index (χ1v) is 12.0. The van der Waals surface area contributed by atoms with Crippen molar-refractivity contribution in [3.63, 3.8) is 0 Å². The lowest BCUT2D eigenvalue weighted by Crippen LogP contribution is -2.44. The molecule has 1 atom stereocenters. The number of carbonyl (C=O) groups excluding carboxylic acids is 1. The Hall–Kier alpha value is -1.35. The Kier molecular flexibility index (Phi) is 11.2. The molecule has 6 nitrogen and oxygen atoms in total. The normalized spacial score (nSPS) is 20.6. The molecule has 1 saturated carbocycles. The molecule has 0 bridgehead atoms. The lowest BCUT2D eigenvalue weighted by atomic mass is 9.85. The molecule has 2 fully saturated rings. The highest BCUT2D eigenvalue weighted by Gasteiger charge is 2.42. The Bertz CT molecular complexity index is 718. The average Bonchev–Trinajstić information content (AvgIpc) is 3.44. The van der Waals surface area contributed by atoms with Gasteiger partial charge in [0.1, 0.15) is 0 Å². The standard InChI is InChI=1S/C25H41N5O.HI/c1-4-26-24(28-20-25(14-8-9-15-25)23(31)29(2)3)27-18-22-13-17-30(19-22)16-12-21-10-6-5-7-11-21;/h5-7,10-11,22H,4,8-9,12-20H2,1-3H3,(H2,26,27,28);1H. The second-order valence-electron chi connectivity index (χ2n) is 9.45. The molecule has 1 aliphatic carbocycles. The number of rotatable bonds is 9. The van der Waals surface area contributed by atoms with Crippen LogP contribution >= 0.6 is 24.0 Å². The average molecular weight is 556 g/mol. The molecule has 1 heterocycles. The minimum atomic E-state index is -0.312. The van der Waals surface area contributed by atoms with Gasteiger partial charge in [0.05, 0.1) is 12.0 Å². The van der Waals surface area contributed by atoms with Gasteiger partial charge >= 0.3 is 0 Å². The van der Waals surface area contributed by atoms with Gasteiger partial charge in [0.15, 0.2) is 5.96 Å². The molecular formula is C25H42IN5O. The predicted octanol–water partition coefficient (Wildman–Crippen LogP) is 3.37. The largest absolute Gasteiger partial charge is 0.357 e. The third kappa shape index (κ3) is 7.61. The quantitative estimate of drug-likeness (QED) is 0.279. The summed E-state index contributed by atoms with van der Waals surface area (Å²) in [4.78, 5) is 22.0. The zero-order chi connectivity index (χ0) is 22.1. The number of likely N-dealkylation sites (tertiary alicyclic amines) is 1. The second kappa shape index (κ2) is 13.4. The molecular weight excluding hydrogens is 513 g/mol. The summed E-state index contributed by atoms with van der Waals surface area (Å²) in [6.07, 6.45) is 6.50. The van der Waals surface area contributed by atoms with Crippen molar-refractivity contribution in [2.45, 2.75) is 45.4 Å². The van der Waals surface area contributed by atoms with Crippen molar-refractivity contribution < 1.29 is 4.79 Å². The van der Waals surface area contributed by atoms with E-state index in [9.17, 15) is 4.79 Å². The molecule has 180 valence electrons. The third-order valence-corrected chi connectivity index (χ3v) is 6.79. The zero-order valence-electron chi connectivity index (χ0n) is 20.1. The fraction of sp³-hybridized carbons (Fsp3) is 0.680. The van der Waals surface area contributed by atoms with Gasteiger partial charge in [-0.2, -0.15) is 0 Å². The first kappa shape index (κ1) is 26.9. The Morgan fingerprint density at radius 3 is 2.56 bits per heavy atom. The van der Waals surface area contributed by atoms with Crippen LogP contribution < -0.4 is 10.6 Å². The van der Waals surface area contributed by atoms with E-state index in [0.717, 1.165) is 64.2 Å². The van der Waals surface area contributed by atoms with E-state index >= 15 is 0 Å². The number of nitrogens with zero attached hydrogens (tertiary/aromatic N) is 3. The summed E-state index contributed by atoms with van der Waals surface area (Å²) >= 11 is 0. The molecule has 3 rings (SSSR count). The van der Waals surface area contributed by atoms with Gasteiger partial charge in [-0.05, 0) is 50.6 Å². The van der Waals surface area contributed by atoms with Gasteiger partial charge in [0, 0.05) is 40.3 Å². The second-order valence-corrected chi connectivity index (χ2v) is 9.45. The monoisotopic (exact) mass is 555 g/mol. The number of nitrogens with one attached hydrogen (secondary N) is 2. The number of guanidine groups is 1. The molecule has 0 aromatic heterocycles. The maximum Gasteiger partial charge on any atom is 0.230 e. The van der Waals surface area contributed by atoms with Crippen LogP contribution in [0.4, 0.5) is 0 Å². The summed E-state index contributed by atoms with van der Waals surface area (Å²) in [6, 6.07) is 10.7. The molecule has 1 unspecified atom stereocenters. The van der Waals surface area contributed by atoms with E-state index in [1.54, 1.807) is 4.90 Å². The number of carbonyl (C=O) groups is 1. The summed E-state index contributed by atoms with van der Waals surface area (Å²) in [5, 5.41) is 6.93. The zero-order valence-corrected chi connectivity index (χ0v) is 22.4. The lowest BCUT2D eigenvalue weighted by molar-refractivity contribution is -0.138. The smallest absolute Gasteiger partial charge is 0.230 e. The Morgan fingerprint density at radius 1 is 1.19 bits per heavy atom. The highest BCUT2D eigenvalue weighted by molar-refractivity contribution is 14.0. The van der Waals surface area contributed by atoms with Crippen LogP contribution in [0.25, 0.3) is 0 Å². The molecule has 32 heavy (non-hydrogen) atoms. The molecule has 0 spiro atoms. The Morgan fingerprint density at radius 2 is 1.91 bits per heavy atom. The topological polar surface area (TPSA) is 60.0 Å². The fourth-order valence-corrected chi connectivity index (χ4v) is 4.99. The minimum Gasteiger partial charge on any atom is -0.357 e. The van der Waals surface area contributed by atoms with Crippen LogP contribution in [0, 0.1) is 11.3 Å². The van der Waals surface area contributed by atoms with Crippen LogP contribution in [0.2, 0.25) is 0 Å². The van der Waals surface area contributed by atoms with Crippen LogP contribution in [0.5, 0.6) is 0 Å². The maximum atomic E-state index is 12.8. The molecule has 1 aliphatic heterocycles. The van der Waals surface area contributed by atoms with E-state index in [1.807, 2.05) is 14.1 Å². The van der Waals surface area contributed by atoms with Crippen molar-refractivity contribution in [2.24, 2.45) is 16.3 Å². The highest BCUT2D eigenvalue weighted by atomic mass is 127. The van der Waals surface area contributed by atoms with Crippen LogP contribution in [-0.4, -0.2) is 75.0 Å². The van der Waals surface area contributed by atoms with Crippen LogP contribution in [0.15, 0.2) is 35.3 Å². The van der Waals surface area contributed by atoms with Crippen LogP contribution in [0.3, 0.4) is 0 Å². The van der Waals surface area contributed by atoms with Crippen LogP contribution in [-0.2, 0) is 11.2 Å². The summed E-state index contributed by atoms with van der Waals surface area (Å²) in [5.41, 5.74) is 1.10. The highest BCUT2D eigenvalue weighted by Crippen LogP contribution is 2.39. The van der Waals surface area contributed by atoms with Gasteiger partial charge in [0.2, 0.25) is 5.91 Å². The Balaban J connectivity index is 0.00000363. The van der Waals surface area contributed by atoms with Gasteiger partial charge in [-0.3, -0.25) is 9.79 Å². The first-order chi connectivity index (χ1) is 15.0. The fourth-order valence-electron chi connectivity index (χ4n) is 4.99. The summed E-state index contributed by atoms with van der Waals surface area (Å²) < 4.78 is 0. The van der Waals surface area contributed by atoms with E-state index in [4.69, 9.17) is 4.99 Å². The van der Waals surface area contributed by atoms with Crippen LogP contribution in [0.1, 0.15) is 44.6 Å². The van der Waals surface area contributed by atoms with Gasteiger partial charge < -0.3 is 20.4 Å². The van der Waals surface area contributed by atoms with Crippen molar-refractivity contribution in [2.75, 3.05) is 53.4 Å².